The first-order valence-electron chi connectivity index (χ1n) is 5.91. The highest BCUT2D eigenvalue weighted by atomic mass is 19.4. The van der Waals surface area contributed by atoms with E-state index in [-0.39, 0.29) is 16.9 Å². The van der Waals surface area contributed by atoms with Crippen LogP contribution in [0.3, 0.4) is 0 Å². The molecule has 2 rings (SSSR count). The van der Waals surface area contributed by atoms with E-state index in [1.54, 1.807) is 6.07 Å². The molecule has 0 spiro atoms. The molecule has 0 bridgehead atoms. The van der Waals surface area contributed by atoms with Gasteiger partial charge >= 0.3 is 12.1 Å². The third kappa shape index (κ3) is 3.71. The normalized spacial score (nSPS) is 11.4. The summed E-state index contributed by atoms with van der Waals surface area (Å²) in [6, 6.07) is 7.24. The number of nitrogens with zero attached hydrogens (tertiary/aromatic N) is 1. The smallest absolute Gasteiger partial charge is 0.393 e. The third-order valence-corrected chi connectivity index (χ3v) is 2.78. The molecule has 0 amide bonds. The van der Waals surface area contributed by atoms with Gasteiger partial charge in [0, 0.05) is 11.8 Å². The van der Waals surface area contributed by atoms with Gasteiger partial charge in [0.05, 0.1) is 12.1 Å². The molecule has 7 heteroatoms. The van der Waals surface area contributed by atoms with Crippen molar-refractivity contribution in [3.8, 4) is 11.1 Å². The van der Waals surface area contributed by atoms with Crippen LogP contribution >= 0.6 is 0 Å². The molecular formula is C14H11F3N2O2. The number of nitrogen functional groups attached to an aromatic ring is 1. The summed E-state index contributed by atoms with van der Waals surface area (Å²) >= 11 is 0. The maximum absolute atomic E-state index is 12.4. The van der Waals surface area contributed by atoms with Crippen LogP contribution in [0, 0.1) is 0 Å². The van der Waals surface area contributed by atoms with Crippen molar-refractivity contribution >= 4 is 11.7 Å². The molecule has 21 heavy (non-hydrogen) atoms. The average molecular weight is 296 g/mol. The van der Waals surface area contributed by atoms with Gasteiger partial charge in [0.2, 0.25) is 0 Å². The Hall–Kier alpha value is -2.57. The van der Waals surface area contributed by atoms with Crippen LogP contribution < -0.4 is 5.73 Å². The van der Waals surface area contributed by atoms with E-state index in [9.17, 15) is 18.0 Å². The molecule has 0 saturated carbocycles. The molecule has 1 aromatic heterocycles. The fraction of sp³-hybridized carbons (Fsp3) is 0.143. The number of pyridine rings is 1. The van der Waals surface area contributed by atoms with Crippen LogP contribution in [0.1, 0.15) is 16.1 Å². The van der Waals surface area contributed by atoms with Gasteiger partial charge < -0.3 is 10.8 Å². The van der Waals surface area contributed by atoms with Crippen LogP contribution in [0.4, 0.5) is 18.9 Å². The lowest BCUT2D eigenvalue weighted by atomic mass is 10.0. The molecule has 0 aliphatic carbocycles. The SMILES string of the molecule is Nc1cc(-c2cccc(CC(F)(F)F)c2)cnc1C(=O)O. The Morgan fingerprint density at radius 3 is 2.52 bits per heavy atom. The molecule has 0 fully saturated rings. The van der Waals surface area contributed by atoms with Gasteiger partial charge in [-0.1, -0.05) is 24.3 Å². The number of carbonyl (C=O) groups is 1. The molecule has 0 radical (unpaired) electrons. The Morgan fingerprint density at radius 1 is 1.24 bits per heavy atom. The minimum atomic E-state index is -4.29. The van der Waals surface area contributed by atoms with E-state index in [1.807, 2.05) is 0 Å². The van der Waals surface area contributed by atoms with Gasteiger partial charge in [-0.3, -0.25) is 0 Å². The molecule has 2 aromatic rings. The molecule has 1 heterocycles. The van der Waals surface area contributed by atoms with Crippen molar-refractivity contribution in [2.45, 2.75) is 12.6 Å². The summed E-state index contributed by atoms with van der Waals surface area (Å²) in [6.07, 6.45) is -4.05. The van der Waals surface area contributed by atoms with Crippen molar-refractivity contribution in [1.29, 1.82) is 0 Å². The number of nitrogens with two attached hydrogens (primary N) is 1. The Labute approximate surface area is 118 Å². The first-order valence-corrected chi connectivity index (χ1v) is 5.91. The highest BCUT2D eigenvalue weighted by Crippen LogP contribution is 2.26. The summed E-state index contributed by atoms with van der Waals surface area (Å²) in [7, 11) is 0. The highest BCUT2D eigenvalue weighted by molar-refractivity contribution is 5.92. The van der Waals surface area contributed by atoms with E-state index < -0.39 is 18.6 Å². The van der Waals surface area contributed by atoms with Crippen molar-refractivity contribution in [2.75, 3.05) is 5.73 Å². The van der Waals surface area contributed by atoms with E-state index in [4.69, 9.17) is 10.8 Å². The largest absolute Gasteiger partial charge is 0.476 e. The van der Waals surface area contributed by atoms with Crippen molar-refractivity contribution in [3.63, 3.8) is 0 Å². The number of hydrogen-bond acceptors (Lipinski definition) is 3. The minimum Gasteiger partial charge on any atom is -0.476 e. The molecule has 0 saturated heterocycles. The maximum atomic E-state index is 12.4. The summed E-state index contributed by atoms with van der Waals surface area (Å²) < 4.78 is 37.2. The number of hydrogen-bond donors (Lipinski definition) is 2. The van der Waals surface area contributed by atoms with Crippen LogP contribution in [0.2, 0.25) is 0 Å². The lowest BCUT2D eigenvalue weighted by Gasteiger charge is -2.09. The second-order valence-corrected chi connectivity index (χ2v) is 4.46. The van der Waals surface area contributed by atoms with Gasteiger partial charge in [-0.2, -0.15) is 13.2 Å². The van der Waals surface area contributed by atoms with E-state index in [0.717, 1.165) is 0 Å². The number of aromatic carboxylic acids is 1. The number of carboxylic acids is 1. The number of carboxylic acid groups (broad SMARTS) is 1. The van der Waals surface area contributed by atoms with Gasteiger partial charge in [-0.15, -0.1) is 0 Å². The van der Waals surface area contributed by atoms with Gasteiger partial charge in [0.15, 0.2) is 5.69 Å². The van der Waals surface area contributed by atoms with E-state index >= 15 is 0 Å². The van der Waals surface area contributed by atoms with Crippen LogP contribution in [-0.2, 0) is 6.42 Å². The number of rotatable bonds is 3. The summed E-state index contributed by atoms with van der Waals surface area (Å²) in [5.41, 5.74) is 6.31. The molecule has 3 N–H and O–H groups in total. The minimum absolute atomic E-state index is 0.0405. The van der Waals surface area contributed by atoms with Crippen LogP contribution in [0.25, 0.3) is 11.1 Å². The zero-order chi connectivity index (χ0) is 15.6. The molecule has 1 aromatic carbocycles. The molecule has 4 nitrogen and oxygen atoms in total. The van der Waals surface area contributed by atoms with Crippen LogP contribution in [0.15, 0.2) is 36.5 Å². The number of anilines is 1. The van der Waals surface area contributed by atoms with Crippen molar-refractivity contribution < 1.29 is 23.1 Å². The number of halogens is 3. The zero-order valence-electron chi connectivity index (χ0n) is 10.7. The summed E-state index contributed by atoms with van der Waals surface area (Å²) in [6.45, 7) is 0. The molecule has 0 aliphatic heterocycles. The fourth-order valence-corrected chi connectivity index (χ4v) is 1.91. The molecule has 0 atom stereocenters. The third-order valence-electron chi connectivity index (χ3n) is 2.78. The Bertz CT molecular complexity index is 684. The number of alkyl halides is 3. The summed E-state index contributed by atoms with van der Waals surface area (Å²) in [5.74, 6) is -1.26. The fourth-order valence-electron chi connectivity index (χ4n) is 1.91. The van der Waals surface area contributed by atoms with E-state index in [1.165, 1.54) is 30.5 Å². The quantitative estimate of drug-likeness (QED) is 0.912. The lowest BCUT2D eigenvalue weighted by molar-refractivity contribution is -0.127. The second-order valence-electron chi connectivity index (χ2n) is 4.46. The van der Waals surface area contributed by atoms with Crippen LogP contribution in [0.5, 0.6) is 0 Å². The molecule has 110 valence electrons. The summed E-state index contributed by atoms with van der Waals surface area (Å²) in [4.78, 5) is 14.5. The Kier molecular flexibility index (Phi) is 3.84. The van der Waals surface area contributed by atoms with E-state index in [0.29, 0.717) is 11.1 Å². The van der Waals surface area contributed by atoms with Crippen molar-refractivity contribution in [3.05, 3.63) is 47.8 Å². The molecule has 0 unspecified atom stereocenters. The van der Waals surface area contributed by atoms with Gasteiger partial charge in [-0.05, 0) is 17.2 Å². The maximum Gasteiger partial charge on any atom is 0.393 e. The first kappa shape index (κ1) is 14.8. The predicted octanol–water partition coefficient (Wildman–Crippen LogP) is 3.13. The zero-order valence-corrected chi connectivity index (χ0v) is 10.7. The summed E-state index contributed by atoms with van der Waals surface area (Å²) in [5, 5.41) is 8.83. The topological polar surface area (TPSA) is 76.2 Å². The van der Waals surface area contributed by atoms with Crippen LogP contribution in [-0.4, -0.2) is 22.2 Å². The molecule has 0 aliphatic rings. The van der Waals surface area contributed by atoms with Gasteiger partial charge in [0.25, 0.3) is 0 Å². The second kappa shape index (κ2) is 5.43. The Morgan fingerprint density at radius 2 is 1.95 bits per heavy atom. The van der Waals surface area contributed by atoms with E-state index in [2.05, 4.69) is 4.98 Å². The Balaban J connectivity index is 2.36. The van der Waals surface area contributed by atoms with Crippen molar-refractivity contribution in [1.82, 2.24) is 4.98 Å². The number of benzene rings is 1. The van der Waals surface area contributed by atoms with Gasteiger partial charge in [0.1, 0.15) is 0 Å². The molecular weight excluding hydrogens is 285 g/mol. The first-order chi connectivity index (χ1) is 9.76. The monoisotopic (exact) mass is 296 g/mol. The van der Waals surface area contributed by atoms with Crippen molar-refractivity contribution in [2.24, 2.45) is 0 Å². The average Bonchev–Trinajstić information content (AvgIpc) is 2.36. The standard InChI is InChI=1S/C14H11F3N2O2/c15-14(16,17)6-8-2-1-3-9(4-8)10-5-11(18)12(13(20)21)19-7-10/h1-5,7H,6,18H2,(H,20,21). The predicted molar refractivity (Wildman–Crippen MR) is 70.8 cm³/mol. The highest BCUT2D eigenvalue weighted by Gasteiger charge is 2.27. The number of aromatic nitrogens is 1. The van der Waals surface area contributed by atoms with Gasteiger partial charge in [-0.25, -0.2) is 9.78 Å². The lowest BCUT2D eigenvalue weighted by Crippen LogP contribution is -2.11.